The van der Waals surface area contributed by atoms with E-state index < -0.39 is 0 Å². The lowest BCUT2D eigenvalue weighted by atomic mass is 10.1. The molecule has 0 aromatic heterocycles. The van der Waals surface area contributed by atoms with Crippen LogP contribution in [0.2, 0.25) is 0 Å². The Labute approximate surface area is 237 Å². The van der Waals surface area contributed by atoms with Gasteiger partial charge in [-0.15, -0.1) is 0 Å². The van der Waals surface area contributed by atoms with E-state index in [9.17, 15) is 14.4 Å². The molecule has 5 rings (SSSR count). The molecule has 2 heterocycles. The maximum Gasteiger partial charge on any atom is 0.283 e. The molecule has 1 saturated heterocycles. The number of piperazine rings is 1. The first kappa shape index (κ1) is 27.2. The first-order chi connectivity index (χ1) is 19.4. The standard InChI is InChI=1S/C31H30N4O4S/c1-22(36)24-10-12-25(13-11-24)33-16-18-34(19-17-33)29(37)21-40-31-32-28(20-23-8-14-27(39-2)15-9-23)30(38)35(31)26-6-4-3-5-7-26/h3-15,20H,16-19,21H2,1-2H3/b28-20+. The normalized spacial score (nSPS) is 16.4. The van der Waals surface area contributed by atoms with E-state index in [2.05, 4.69) is 9.89 Å². The molecule has 3 aromatic carbocycles. The number of methoxy groups -OCH3 is 1. The fourth-order valence-corrected chi connectivity index (χ4v) is 5.51. The molecule has 2 amide bonds. The van der Waals surface area contributed by atoms with Crippen molar-refractivity contribution in [1.82, 2.24) is 4.90 Å². The number of benzene rings is 3. The molecule has 40 heavy (non-hydrogen) atoms. The summed E-state index contributed by atoms with van der Waals surface area (Å²) in [5, 5.41) is 0.480. The average molecular weight is 555 g/mol. The van der Waals surface area contributed by atoms with Gasteiger partial charge in [-0.2, -0.15) is 0 Å². The van der Waals surface area contributed by atoms with Gasteiger partial charge in [0.25, 0.3) is 5.91 Å². The van der Waals surface area contributed by atoms with Crippen LogP contribution in [-0.2, 0) is 9.59 Å². The van der Waals surface area contributed by atoms with Gasteiger partial charge in [-0.1, -0.05) is 42.1 Å². The maximum absolute atomic E-state index is 13.4. The van der Waals surface area contributed by atoms with E-state index >= 15 is 0 Å². The fraction of sp³-hybridized carbons (Fsp3) is 0.226. The number of rotatable bonds is 7. The number of nitrogens with zero attached hydrogens (tertiary/aromatic N) is 4. The molecule has 3 aromatic rings. The average Bonchev–Trinajstić information content (AvgIpc) is 3.31. The zero-order valence-electron chi connectivity index (χ0n) is 22.4. The summed E-state index contributed by atoms with van der Waals surface area (Å²) >= 11 is 1.27. The Morgan fingerprint density at radius 1 is 0.900 bits per heavy atom. The first-order valence-electron chi connectivity index (χ1n) is 13.0. The number of ketones is 1. The molecular weight excluding hydrogens is 524 g/mol. The maximum atomic E-state index is 13.4. The number of carbonyl (C=O) groups is 3. The topological polar surface area (TPSA) is 82.5 Å². The Balaban J connectivity index is 1.25. The molecule has 204 valence electrons. The molecular formula is C31H30N4O4S. The monoisotopic (exact) mass is 554 g/mol. The van der Waals surface area contributed by atoms with Gasteiger partial charge < -0.3 is 14.5 Å². The molecule has 0 atom stereocenters. The van der Waals surface area contributed by atoms with E-state index in [4.69, 9.17) is 4.74 Å². The zero-order chi connectivity index (χ0) is 28.1. The number of ether oxygens (including phenoxy) is 1. The van der Waals surface area contributed by atoms with E-state index in [1.807, 2.05) is 83.8 Å². The lowest BCUT2D eigenvalue weighted by Crippen LogP contribution is -2.49. The van der Waals surface area contributed by atoms with Crippen LogP contribution in [0.4, 0.5) is 11.4 Å². The molecule has 0 saturated carbocycles. The van der Waals surface area contributed by atoms with Crippen LogP contribution in [-0.4, -0.2) is 66.7 Å². The van der Waals surface area contributed by atoms with Gasteiger partial charge in [0.05, 0.1) is 18.6 Å². The highest BCUT2D eigenvalue weighted by Crippen LogP contribution is 2.30. The van der Waals surface area contributed by atoms with Crippen LogP contribution in [0.25, 0.3) is 6.08 Å². The molecule has 2 aliphatic heterocycles. The van der Waals surface area contributed by atoms with Gasteiger partial charge in [-0.25, -0.2) is 4.99 Å². The number of amidine groups is 1. The predicted octanol–water partition coefficient (Wildman–Crippen LogP) is 4.72. The minimum absolute atomic E-state index is 0.00678. The number of hydrogen-bond donors (Lipinski definition) is 0. The number of carbonyl (C=O) groups excluding carboxylic acids is 3. The summed E-state index contributed by atoms with van der Waals surface area (Å²) in [4.78, 5) is 48.4. The molecule has 1 fully saturated rings. The van der Waals surface area contributed by atoms with Gasteiger partial charge in [0.15, 0.2) is 11.0 Å². The Bertz CT molecular complexity index is 1440. The first-order valence-corrected chi connectivity index (χ1v) is 14.0. The van der Waals surface area contributed by atoms with Crippen LogP contribution in [0.3, 0.4) is 0 Å². The predicted molar refractivity (Wildman–Crippen MR) is 160 cm³/mol. The third kappa shape index (κ3) is 6.10. The Morgan fingerprint density at radius 3 is 2.20 bits per heavy atom. The summed E-state index contributed by atoms with van der Waals surface area (Å²) in [7, 11) is 1.61. The number of Topliss-reactive ketones (excluding diaryl/α,β-unsaturated/α-hetero) is 1. The van der Waals surface area contributed by atoms with Crippen LogP contribution in [0.5, 0.6) is 5.75 Å². The van der Waals surface area contributed by atoms with Crippen LogP contribution in [0, 0.1) is 0 Å². The molecule has 0 aliphatic carbocycles. The van der Waals surface area contributed by atoms with E-state index in [1.165, 1.54) is 11.8 Å². The second-order valence-corrected chi connectivity index (χ2v) is 10.4. The van der Waals surface area contributed by atoms with Crippen LogP contribution >= 0.6 is 11.8 Å². The zero-order valence-corrected chi connectivity index (χ0v) is 23.3. The summed E-state index contributed by atoms with van der Waals surface area (Å²) in [6, 6.07) is 24.3. The molecule has 0 radical (unpaired) electrons. The fourth-order valence-electron chi connectivity index (χ4n) is 4.59. The summed E-state index contributed by atoms with van der Waals surface area (Å²) in [5.74, 6) is 0.727. The van der Waals surface area contributed by atoms with E-state index in [0.717, 1.165) is 17.0 Å². The highest BCUT2D eigenvalue weighted by molar-refractivity contribution is 8.14. The van der Waals surface area contributed by atoms with Crippen LogP contribution in [0.1, 0.15) is 22.8 Å². The number of aliphatic imine (C=N–C) groups is 1. The molecule has 0 bridgehead atoms. The smallest absolute Gasteiger partial charge is 0.283 e. The third-order valence-corrected chi connectivity index (χ3v) is 7.78. The van der Waals surface area contributed by atoms with E-state index in [0.29, 0.717) is 48.3 Å². The van der Waals surface area contributed by atoms with E-state index in [1.54, 1.807) is 25.0 Å². The van der Waals surface area contributed by atoms with Crippen molar-refractivity contribution in [3.8, 4) is 5.75 Å². The van der Waals surface area contributed by atoms with Gasteiger partial charge in [0.2, 0.25) is 5.91 Å². The highest BCUT2D eigenvalue weighted by atomic mass is 32.2. The number of hydrogen-bond acceptors (Lipinski definition) is 7. The van der Waals surface area contributed by atoms with Crippen molar-refractivity contribution in [2.24, 2.45) is 4.99 Å². The van der Waals surface area contributed by atoms with Crippen molar-refractivity contribution >= 4 is 52.0 Å². The van der Waals surface area contributed by atoms with Crippen LogP contribution in [0.15, 0.2) is 89.6 Å². The molecule has 8 nitrogen and oxygen atoms in total. The Hall–Kier alpha value is -4.37. The summed E-state index contributed by atoms with van der Waals surface area (Å²) in [5.41, 5.74) is 3.58. The number of thioether (sulfide) groups is 1. The Morgan fingerprint density at radius 2 is 1.57 bits per heavy atom. The van der Waals surface area contributed by atoms with Crippen molar-refractivity contribution in [3.63, 3.8) is 0 Å². The van der Waals surface area contributed by atoms with Crippen molar-refractivity contribution < 1.29 is 19.1 Å². The van der Waals surface area contributed by atoms with Gasteiger partial charge in [0, 0.05) is 37.4 Å². The summed E-state index contributed by atoms with van der Waals surface area (Å²) in [6.07, 6.45) is 1.75. The number of para-hydroxylation sites is 1. The minimum atomic E-state index is -0.235. The number of amides is 2. The lowest BCUT2D eigenvalue weighted by Gasteiger charge is -2.36. The number of anilines is 2. The summed E-state index contributed by atoms with van der Waals surface area (Å²) < 4.78 is 5.22. The lowest BCUT2D eigenvalue weighted by molar-refractivity contribution is -0.128. The second-order valence-electron chi connectivity index (χ2n) is 9.43. The van der Waals surface area contributed by atoms with Crippen molar-refractivity contribution in [2.45, 2.75) is 6.92 Å². The van der Waals surface area contributed by atoms with Gasteiger partial charge in [0.1, 0.15) is 11.4 Å². The van der Waals surface area contributed by atoms with Gasteiger partial charge in [-0.3, -0.25) is 19.3 Å². The van der Waals surface area contributed by atoms with Gasteiger partial charge in [-0.05, 0) is 67.1 Å². The largest absolute Gasteiger partial charge is 0.497 e. The molecule has 0 unspecified atom stereocenters. The van der Waals surface area contributed by atoms with Crippen molar-refractivity contribution in [1.29, 1.82) is 0 Å². The molecule has 0 N–H and O–H groups in total. The van der Waals surface area contributed by atoms with Crippen molar-refractivity contribution in [3.05, 3.63) is 95.7 Å². The highest BCUT2D eigenvalue weighted by Gasteiger charge is 2.33. The van der Waals surface area contributed by atoms with E-state index in [-0.39, 0.29) is 23.4 Å². The molecule has 0 spiro atoms. The van der Waals surface area contributed by atoms with Crippen LogP contribution < -0.4 is 14.5 Å². The van der Waals surface area contributed by atoms with Crippen molar-refractivity contribution in [2.75, 3.05) is 48.8 Å². The Kier molecular flexibility index (Phi) is 8.31. The summed E-state index contributed by atoms with van der Waals surface area (Å²) in [6.45, 7) is 4.18. The SMILES string of the molecule is COc1ccc(/C=C2/N=C(SCC(=O)N3CCN(c4ccc(C(C)=O)cc4)CC3)N(c3ccccc3)C2=O)cc1. The third-order valence-electron chi connectivity index (χ3n) is 6.86. The molecule has 2 aliphatic rings. The second kappa shape index (κ2) is 12.2. The minimum Gasteiger partial charge on any atom is -0.497 e. The van der Waals surface area contributed by atoms with Gasteiger partial charge >= 0.3 is 0 Å². The quantitative estimate of drug-likeness (QED) is 0.311. The molecule has 9 heteroatoms.